The molecule has 4 heteroatoms. The molecule has 4 nitrogen and oxygen atoms in total. The van der Waals surface area contributed by atoms with E-state index in [0.29, 0.717) is 0 Å². The van der Waals surface area contributed by atoms with Crippen LogP contribution in [0.4, 0.5) is 0 Å². The van der Waals surface area contributed by atoms with Gasteiger partial charge in [-0.1, -0.05) is 19.8 Å². The van der Waals surface area contributed by atoms with Crippen LogP contribution in [0.1, 0.15) is 38.4 Å². The molecule has 0 fully saturated rings. The van der Waals surface area contributed by atoms with Crippen LogP contribution in [-0.4, -0.2) is 28.3 Å². The minimum Gasteiger partial charge on any atom is -0.494 e. The van der Waals surface area contributed by atoms with Gasteiger partial charge in [0.1, 0.15) is 11.6 Å². The van der Waals surface area contributed by atoms with Crippen LogP contribution in [0.15, 0.2) is 18.2 Å². The number of hydrogen-bond donors (Lipinski definition) is 2. The number of nitrogens with zero attached hydrogens (tertiary/aromatic N) is 1. The van der Waals surface area contributed by atoms with Crippen molar-refractivity contribution >= 4 is 11.0 Å². The van der Waals surface area contributed by atoms with Crippen LogP contribution in [0.2, 0.25) is 0 Å². The molecule has 0 saturated carbocycles. The molecule has 1 heterocycles. The summed E-state index contributed by atoms with van der Waals surface area (Å²) >= 11 is 0. The lowest BCUT2D eigenvalue weighted by Gasteiger charge is -2.04. The Morgan fingerprint density at radius 2 is 2.16 bits per heavy atom. The van der Waals surface area contributed by atoms with Crippen molar-refractivity contribution in [2.45, 2.75) is 39.0 Å². The zero-order chi connectivity index (χ0) is 13.5. The quantitative estimate of drug-likeness (QED) is 0.719. The third-order valence-corrected chi connectivity index (χ3v) is 3.09. The zero-order valence-corrected chi connectivity index (χ0v) is 11.5. The van der Waals surface area contributed by atoms with E-state index in [4.69, 9.17) is 9.84 Å². The van der Waals surface area contributed by atoms with Crippen LogP contribution in [0, 0.1) is 0 Å². The summed E-state index contributed by atoms with van der Waals surface area (Å²) in [6, 6.07) is 5.94. The van der Waals surface area contributed by atoms with Crippen molar-refractivity contribution < 1.29 is 9.84 Å². The maximum absolute atomic E-state index is 8.83. The summed E-state index contributed by atoms with van der Waals surface area (Å²) in [7, 11) is 0. The number of rotatable bonds is 8. The highest BCUT2D eigenvalue weighted by Gasteiger charge is 2.04. The molecule has 2 rings (SSSR count). The Morgan fingerprint density at radius 1 is 1.26 bits per heavy atom. The first kappa shape index (κ1) is 13.9. The van der Waals surface area contributed by atoms with Gasteiger partial charge in [0.2, 0.25) is 0 Å². The molecule has 1 aromatic heterocycles. The van der Waals surface area contributed by atoms with Crippen LogP contribution < -0.4 is 4.74 Å². The molecule has 104 valence electrons. The summed E-state index contributed by atoms with van der Waals surface area (Å²) in [5.41, 5.74) is 1.95. The van der Waals surface area contributed by atoms with Crippen molar-refractivity contribution in [3.63, 3.8) is 0 Å². The minimum absolute atomic E-state index is 0.197. The molecule has 0 aliphatic carbocycles. The number of benzene rings is 1. The molecule has 0 radical (unpaired) electrons. The van der Waals surface area contributed by atoms with Gasteiger partial charge in [-0.2, -0.15) is 0 Å². The number of unbranched alkanes of at least 4 members (excludes halogenated alkanes) is 2. The van der Waals surface area contributed by atoms with Crippen molar-refractivity contribution in [1.29, 1.82) is 0 Å². The first-order chi connectivity index (χ1) is 9.33. The van der Waals surface area contributed by atoms with E-state index in [0.717, 1.165) is 48.5 Å². The minimum atomic E-state index is 0.197. The van der Waals surface area contributed by atoms with Crippen molar-refractivity contribution in [2.75, 3.05) is 13.2 Å². The molecule has 0 bridgehead atoms. The highest BCUT2D eigenvalue weighted by Crippen LogP contribution is 2.19. The summed E-state index contributed by atoms with van der Waals surface area (Å²) in [6.07, 6.45) is 5.02. The Balaban J connectivity index is 1.99. The highest BCUT2D eigenvalue weighted by atomic mass is 16.5. The number of hydrogen-bond acceptors (Lipinski definition) is 3. The molecule has 2 N–H and O–H groups in total. The number of aliphatic hydroxyl groups is 1. The number of ether oxygens (including phenoxy) is 1. The summed E-state index contributed by atoms with van der Waals surface area (Å²) < 4.78 is 5.72. The van der Waals surface area contributed by atoms with Gasteiger partial charge >= 0.3 is 0 Å². The Kier molecular flexibility index (Phi) is 5.21. The molecule has 0 aliphatic rings. The summed E-state index contributed by atoms with van der Waals surface area (Å²) in [4.78, 5) is 7.75. The fraction of sp³-hybridized carbons (Fsp3) is 0.533. The second-order valence-electron chi connectivity index (χ2n) is 4.75. The standard InChI is InChI=1S/C15H22N2O2/c1-2-3-4-10-19-12-7-8-13-14(11-12)17-15(16-13)6-5-9-18/h7-8,11,18H,2-6,9-10H2,1H3,(H,16,17). The normalized spacial score (nSPS) is 11.1. The molecule has 0 unspecified atom stereocenters. The summed E-state index contributed by atoms with van der Waals surface area (Å²) in [6.45, 7) is 3.15. The first-order valence-corrected chi connectivity index (χ1v) is 7.05. The molecular weight excluding hydrogens is 240 g/mol. The molecule has 2 aromatic rings. The number of aryl methyl sites for hydroxylation is 1. The Hall–Kier alpha value is -1.55. The van der Waals surface area contributed by atoms with Gasteiger partial charge in [-0.25, -0.2) is 4.98 Å². The molecule has 0 aliphatic heterocycles. The fourth-order valence-corrected chi connectivity index (χ4v) is 2.04. The molecular formula is C15H22N2O2. The van der Waals surface area contributed by atoms with Gasteiger partial charge in [-0.15, -0.1) is 0 Å². The van der Waals surface area contributed by atoms with Crippen LogP contribution in [0.3, 0.4) is 0 Å². The van der Waals surface area contributed by atoms with Gasteiger partial charge in [0.15, 0.2) is 0 Å². The zero-order valence-electron chi connectivity index (χ0n) is 11.5. The Labute approximate surface area is 113 Å². The Bertz CT molecular complexity index is 508. The lowest BCUT2D eigenvalue weighted by atomic mass is 10.2. The Morgan fingerprint density at radius 3 is 2.95 bits per heavy atom. The van der Waals surface area contributed by atoms with Crippen molar-refractivity contribution in [3.8, 4) is 5.75 Å². The molecule has 0 spiro atoms. The van der Waals surface area contributed by atoms with Crippen LogP contribution in [0.5, 0.6) is 5.75 Å². The summed E-state index contributed by atoms with van der Waals surface area (Å²) in [5, 5.41) is 8.83. The first-order valence-electron chi connectivity index (χ1n) is 7.05. The average Bonchev–Trinajstić information content (AvgIpc) is 2.83. The van der Waals surface area contributed by atoms with E-state index in [2.05, 4.69) is 16.9 Å². The predicted octanol–water partition coefficient (Wildman–Crippen LogP) is 3.06. The maximum atomic E-state index is 8.83. The number of aromatic nitrogens is 2. The smallest absolute Gasteiger partial charge is 0.121 e. The number of nitrogens with one attached hydrogen (secondary N) is 1. The fourth-order valence-electron chi connectivity index (χ4n) is 2.04. The average molecular weight is 262 g/mol. The van der Waals surface area contributed by atoms with Crippen LogP contribution in [0.25, 0.3) is 11.0 Å². The van der Waals surface area contributed by atoms with Gasteiger partial charge in [0.05, 0.1) is 17.6 Å². The monoisotopic (exact) mass is 262 g/mol. The predicted molar refractivity (Wildman–Crippen MR) is 76.5 cm³/mol. The lowest BCUT2D eigenvalue weighted by Crippen LogP contribution is -1.96. The lowest BCUT2D eigenvalue weighted by molar-refractivity contribution is 0.287. The summed E-state index contributed by atoms with van der Waals surface area (Å²) in [5.74, 6) is 1.81. The van der Waals surface area contributed by atoms with Crippen LogP contribution >= 0.6 is 0 Å². The van der Waals surface area contributed by atoms with Gasteiger partial charge in [-0.05, 0) is 25.0 Å². The van der Waals surface area contributed by atoms with E-state index < -0.39 is 0 Å². The maximum Gasteiger partial charge on any atom is 0.121 e. The molecule has 0 saturated heterocycles. The van der Waals surface area contributed by atoms with E-state index in [1.54, 1.807) is 0 Å². The van der Waals surface area contributed by atoms with Crippen molar-refractivity contribution in [1.82, 2.24) is 9.97 Å². The molecule has 0 amide bonds. The third-order valence-electron chi connectivity index (χ3n) is 3.09. The van der Waals surface area contributed by atoms with Gasteiger partial charge in [0.25, 0.3) is 0 Å². The van der Waals surface area contributed by atoms with E-state index in [1.165, 1.54) is 12.8 Å². The molecule has 1 aromatic carbocycles. The van der Waals surface area contributed by atoms with E-state index in [1.807, 2.05) is 18.2 Å². The second kappa shape index (κ2) is 7.14. The van der Waals surface area contributed by atoms with Gasteiger partial charge in [0, 0.05) is 19.1 Å². The molecule has 0 atom stereocenters. The second-order valence-corrected chi connectivity index (χ2v) is 4.75. The van der Waals surface area contributed by atoms with Crippen LogP contribution in [-0.2, 0) is 6.42 Å². The van der Waals surface area contributed by atoms with Crippen molar-refractivity contribution in [3.05, 3.63) is 24.0 Å². The number of aliphatic hydroxyl groups excluding tert-OH is 1. The largest absolute Gasteiger partial charge is 0.494 e. The van der Waals surface area contributed by atoms with E-state index in [9.17, 15) is 0 Å². The number of imidazole rings is 1. The number of aromatic amines is 1. The number of H-pyrrole nitrogens is 1. The van der Waals surface area contributed by atoms with E-state index in [-0.39, 0.29) is 6.61 Å². The van der Waals surface area contributed by atoms with Crippen molar-refractivity contribution in [2.24, 2.45) is 0 Å². The van der Waals surface area contributed by atoms with E-state index >= 15 is 0 Å². The van der Waals surface area contributed by atoms with Gasteiger partial charge < -0.3 is 14.8 Å². The van der Waals surface area contributed by atoms with Gasteiger partial charge in [-0.3, -0.25) is 0 Å². The SMILES string of the molecule is CCCCCOc1ccc2nc(CCCO)[nH]c2c1. The topological polar surface area (TPSA) is 58.1 Å². The highest BCUT2D eigenvalue weighted by molar-refractivity contribution is 5.76. The molecule has 19 heavy (non-hydrogen) atoms. The number of fused-ring (bicyclic) bond motifs is 1. The third kappa shape index (κ3) is 3.96.